The highest BCUT2D eigenvalue weighted by molar-refractivity contribution is 4.90. The summed E-state index contributed by atoms with van der Waals surface area (Å²) in [6, 6.07) is 0.720. The van der Waals surface area contributed by atoms with Gasteiger partial charge in [0.2, 0.25) is 0 Å². The lowest BCUT2D eigenvalue weighted by Gasteiger charge is -2.16. The molecule has 0 aromatic carbocycles. The lowest BCUT2D eigenvalue weighted by molar-refractivity contribution is 0.413. The first-order valence-electron chi connectivity index (χ1n) is 4.40. The predicted octanol–water partition coefficient (Wildman–Crippen LogP) is 2.17. The Morgan fingerprint density at radius 3 is 2.50 bits per heavy atom. The van der Waals surface area contributed by atoms with Crippen molar-refractivity contribution in [3.05, 3.63) is 0 Å². The summed E-state index contributed by atoms with van der Waals surface area (Å²) < 4.78 is 0. The van der Waals surface area contributed by atoms with Crippen LogP contribution in [0, 0.1) is 5.41 Å². The second-order valence-electron chi connectivity index (χ2n) is 3.97. The molecule has 1 N–H and O–H groups in total. The van der Waals surface area contributed by atoms with E-state index in [4.69, 9.17) is 0 Å². The molecule has 1 aliphatic rings. The second kappa shape index (κ2) is 2.91. The van der Waals surface area contributed by atoms with Gasteiger partial charge in [0.1, 0.15) is 0 Å². The third-order valence-electron chi connectivity index (χ3n) is 2.46. The monoisotopic (exact) mass is 141 g/mol. The summed E-state index contributed by atoms with van der Waals surface area (Å²) in [6.07, 6.45) is 4.26. The summed E-state index contributed by atoms with van der Waals surface area (Å²) in [5, 5.41) is 3.44. The molecule has 0 radical (unpaired) electrons. The van der Waals surface area contributed by atoms with Gasteiger partial charge in [0.15, 0.2) is 0 Å². The molecule has 0 unspecified atom stereocenters. The highest BCUT2D eigenvalue weighted by Gasteiger charge is 2.37. The minimum absolute atomic E-state index is 0.710. The fourth-order valence-corrected chi connectivity index (χ4v) is 1.58. The van der Waals surface area contributed by atoms with Crippen molar-refractivity contribution in [1.29, 1.82) is 0 Å². The van der Waals surface area contributed by atoms with Crippen LogP contribution in [-0.4, -0.2) is 12.6 Å². The first kappa shape index (κ1) is 8.06. The molecule has 1 nitrogen and oxygen atoms in total. The zero-order chi connectivity index (χ0) is 7.61. The molecule has 1 saturated carbocycles. The Hall–Kier alpha value is -0.0400. The Labute approximate surface area is 64.2 Å². The van der Waals surface area contributed by atoms with Crippen molar-refractivity contribution < 1.29 is 0 Å². The van der Waals surface area contributed by atoms with E-state index >= 15 is 0 Å². The Morgan fingerprint density at radius 2 is 2.10 bits per heavy atom. The van der Waals surface area contributed by atoms with Crippen LogP contribution in [0.2, 0.25) is 0 Å². The van der Waals surface area contributed by atoms with Crippen molar-refractivity contribution in [2.75, 3.05) is 6.54 Å². The van der Waals surface area contributed by atoms with E-state index in [0.29, 0.717) is 5.41 Å². The van der Waals surface area contributed by atoms with Gasteiger partial charge in [0, 0.05) is 6.04 Å². The molecular formula is C9H19N. The number of hydrogen-bond donors (Lipinski definition) is 1. The zero-order valence-corrected chi connectivity index (χ0v) is 7.41. The highest BCUT2D eigenvalue weighted by Crippen LogP contribution is 2.48. The molecule has 60 valence electrons. The Morgan fingerprint density at radius 1 is 1.50 bits per heavy atom. The number of nitrogens with one attached hydrogen (secondary N) is 1. The summed E-state index contributed by atoms with van der Waals surface area (Å²) in [4.78, 5) is 0. The first-order valence-corrected chi connectivity index (χ1v) is 4.40. The molecule has 0 bridgehead atoms. The van der Waals surface area contributed by atoms with Crippen molar-refractivity contribution in [2.45, 2.75) is 46.1 Å². The van der Waals surface area contributed by atoms with Crippen molar-refractivity contribution >= 4 is 0 Å². The topological polar surface area (TPSA) is 12.0 Å². The van der Waals surface area contributed by atoms with E-state index in [9.17, 15) is 0 Å². The molecule has 0 aromatic rings. The van der Waals surface area contributed by atoms with Gasteiger partial charge >= 0.3 is 0 Å². The summed E-state index contributed by atoms with van der Waals surface area (Å²) in [7, 11) is 0. The van der Waals surface area contributed by atoms with Crippen LogP contribution in [0.25, 0.3) is 0 Å². The largest absolute Gasteiger partial charge is 0.315 e. The van der Waals surface area contributed by atoms with Crippen LogP contribution in [0.5, 0.6) is 0 Å². The Bertz CT molecular complexity index is 105. The summed E-state index contributed by atoms with van der Waals surface area (Å²) in [6.45, 7) is 7.96. The van der Waals surface area contributed by atoms with Gasteiger partial charge in [-0.3, -0.25) is 0 Å². The number of hydrogen-bond acceptors (Lipinski definition) is 1. The van der Waals surface area contributed by atoms with Crippen molar-refractivity contribution in [2.24, 2.45) is 5.41 Å². The van der Waals surface area contributed by atoms with Gasteiger partial charge in [0.05, 0.1) is 0 Å². The smallest absolute Gasteiger partial charge is 0.00437 e. The normalized spacial score (nSPS) is 24.3. The molecule has 0 saturated heterocycles. The van der Waals surface area contributed by atoms with Gasteiger partial charge in [-0.05, 0) is 38.1 Å². The van der Waals surface area contributed by atoms with E-state index in [1.54, 1.807) is 0 Å². The average molecular weight is 141 g/mol. The fourth-order valence-electron chi connectivity index (χ4n) is 1.58. The van der Waals surface area contributed by atoms with Crippen LogP contribution in [0.3, 0.4) is 0 Å². The van der Waals surface area contributed by atoms with Gasteiger partial charge in [-0.2, -0.15) is 0 Å². The SMILES string of the molecule is CCN[C@@H](C)CC1(C)CC1. The van der Waals surface area contributed by atoms with Crippen molar-refractivity contribution in [3.8, 4) is 0 Å². The predicted molar refractivity (Wildman–Crippen MR) is 45.1 cm³/mol. The highest BCUT2D eigenvalue weighted by atomic mass is 14.9. The second-order valence-corrected chi connectivity index (χ2v) is 3.97. The summed E-state index contributed by atoms with van der Waals surface area (Å²) in [5.41, 5.74) is 0.710. The maximum atomic E-state index is 3.44. The van der Waals surface area contributed by atoms with Gasteiger partial charge in [-0.1, -0.05) is 13.8 Å². The molecule has 1 rings (SSSR count). The van der Waals surface area contributed by atoms with E-state index in [0.717, 1.165) is 12.6 Å². The Balaban J connectivity index is 2.11. The molecule has 0 heterocycles. The minimum atomic E-state index is 0.710. The lowest BCUT2D eigenvalue weighted by atomic mass is 10.0. The van der Waals surface area contributed by atoms with Gasteiger partial charge in [-0.15, -0.1) is 0 Å². The first-order chi connectivity index (χ1) is 4.66. The van der Waals surface area contributed by atoms with Crippen LogP contribution >= 0.6 is 0 Å². The van der Waals surface area contributed by atoms with E-state index in [1.807, 2.05) is 0 Å². The molecule has 1 aliphatic carbocycles. The molecule has 1 heteroatoms. The van der Waals surface area contributed by atoms with E-state index in [-0.39, 0.29) is 0 Å². The third kappa shape index (κ3) is 2.30. The molecule has 10 heavy (non-hydrogen) atoms. The zero-order valence-electron chi connectivity index (χ0n) is 7.41. The molecule has 0 spiro atoms. The van der Waals surface area contributed by atoms with Gasteiger partial charge in [-0.25, -0.2) is 0 Å². The quantitative estimate of drug-likeness (QED) is 0.632. The summed E-state index contributed by atoms with van der Waals surface area (Å²) >= 11 is 0. The summed E-state index contributed by atoms with van der Waals surface area (Å²) in [5.74, 6) is 0. The molecule has 1 fully saturated rings. The number of rotatable bonds is 4. The average Bonchev–Trinajstić information content (AvgIpc) is 2.48. The minimum Gasteiger partial charge on any atom is -0.315 e. The van der Waals surface area contributed by atoms with Crippen LogP contribution in [0.1, 0.15) is 40.0 Å². The van der Waals surface area contributed by atoms with Crippen LogP contribution < -0.4 is 5.32 Å². The maximum Gasteiger partial charge on any atom is 0.00437 e. The van der Waals surface area contributed by atoms with Crippen molar-refractivity contribution in [3.63, 3.8) is 0 Å². The van der Waals surface area contributed by atoms with Crippen LogP contribution in [0.15, 0.2) is 0 Å². The third-order valence-corrected chi connectivity index (χ3v) is 2.46. The van der Waals surface area contributed by atoms with Crippen LogP contribution in [0.4, 0.5) is 0 Å². The van der Waals surface area contributed by atoms with E-state index < -0.39 is 0 Å². The molecule has 0 amide bonds. The van der Waals surface area contributed by atoms with E-state index in [1.165, 1.54) is 19.3 Å². The van der Waals surface area contributed by atoms with E-state index in [2.05, 4.69) is 26.1 Å². The molecular weight excluding hydrogens is 122 g/mol. The van der Waals surface area contributed by atoms with Gasteiger partial charge in [0.25, 0.3) is 0 Å². The fraction of sp³-hybridized carbons (Fsp3) is 1.00. The maximum absolute atomic E-state index is 3.44. The van der Waals surface area contributed by atoms with Crippen LogP contribution in [-0.2, 0) is 0 Å². The van der Waals surface area contributed by atoms with Crippen molar-refractivity contribution in [1.82, 2.24) is 5.32 Å². The van der Waals surface area contributed by atoms with Gasteiger partial charge < -0.3 is 5.32 Å². The standard InChI is InChI=1S/C9H19N/c1-4-10-8(2)7-9(3)5-6-9/h8,10H,4-7H2,1-3H3/t8-/m0/s1. The molecule has 0 aromatic heterocycles. The lowest BCUT2D eigenvalue weighted by Crippen LogP contribution is -2.27. The molecule has 0 aliphatic heterocycles. The Kier molecular flexibility index (Phi) is 2.35. The molecule has 1 atom stereocenters.